The Hall–Kier alpha value is -1.71. The third kappa shape index (κ3) is 3.15. The highest BCUT2D eigenvalue weighted by atomic mass is 16.1. The second-order valence-corrected chi connectivity index (χ2v) is 5.01. The van der Waals surface area contributed by atoms with Crippen molar-refractivity contribution in [1.29, 1.82) is 0 Å². The summed E-state index contributed by atoms with van der Waals surface area (Å²) in [6.07, 6.45) is 7.08. The first-order chi connectivity index (χ1) is 8.66. The lowest BCUT2D eigenvalue weighted by atomic mass is 10.1. The van der Waals surface area contributed by atoms with Gasteiger partial charge in [-0.15, -0.1) is 0 Å². The van der Waals surface area contributed by atoms with Gasteiger partial charge in [0.15, 0.2) is 0 Å². The second kappa shape index (κ2) is 5.76. The number of nitrogen functional groups attached to an aromatic ring is 2. The highest BCUT2D eigenvalue weighted by Crippen LogP contribution is 2.19. The molecule has 1 aliphatic carbocycles. The number of anilines is 2. The Labute approximate surface area is 108 Å². The summed E-state index contributed by atoms with van der Waals surface area (Å²) in [5.74, 6) is -0.0839. The monoisotopic (exact) mass is 247 g/mol. The smallest absolute Gasteiger partial charge is 0.253 e. The van der Waals surface area contributed by atoms with E-state index in [1.54, 1.807) is 18.2 Å². The van der Waals surface area contributed by atoms with Gasteiger partial charge >= 0.3 is 0 Å². The van der Waals surface area contributed by atoms with Gasteiger partial charge in [-0.1, -0.05) is 25.7 Å². The lowest BCUT2D eigenvalue weighted by Gasteiger charge is -2.17. The molecule has 0 spiro atoms. The van der Waals surface area contributed by atoms with Crippen LogP contribution in [0.3, 0.4) is 0 Å². The van der Waals surface area contributed by atoms with Crippen LogP contribution in [0, 0.1) is 0 Å². The molecule has 5 N–H and O–H groups in total. The van der Waals surface area contributed by atoms with E-state index in [-0.39, 0.29) is 11.9 Å². The van der Waals surface area contributed by atoms with Crippen molar-refractivity contribution >= 4 is 17.3 Å². The molecule has 98 valence electrons. The number of carbonyl (C=O) groups is 1. The van der Waals surface area contributed by atoms with Crippen molar-refractivity contribution in [3.63, 3.8) is 0 Å². The fourth-order valence-corrected chi connectivity index (χ4v) is 2.47. The summed E-state index contributed by atoms with van der Waals surface area (Å²) in [7, 11) is 0. The normalized spacial score (nSPS) is 17.1. The summed E-state index contributed by atoms with van der Waals surface area (Å²) in [6, 6.07) is 5.31. The zero-order valence-corrected chi connectivity index (χ0v) is 10.6. The largest absolute Gasteiger partial charge is 0.399 e. The van der Waals surface area contributed by atoms with Gasteiger partial charge in [-0.25, -0.2) is 0 Å². The predicted molar refractivity (Wildman–Crippen MR) is 74.2 cm³/mol. The number of carbonyl (C=O) groups excluding carboxylic acids is 1. The van der Waals surface area contributed by atoms with E-state index in [0.29, 0.717) is 16.9 Å². The summed E-state index contributed by atoms with van der Waals surface area (Å²) >= 11 is 0. The van der Waals surface area contributed by atoms with Gasteiger partial charge < -0.3 is 16.8 Å². The summed E-state index contributed by atoms with van der Waals surface area (Å²) in [5, 5.41) is 3.08. The van der Waals surface area contributed by atoms with Crippen molar-refractivity contribution in [3.8, 4) is 0 Å². The highest BCUT2D eigenvalue weighted by molar-refractivity contribution is 5.99. The first-order valence-corrected chi connectivity index (χ1v) is 6.62. The molecule has 0 atom stereocenters. The Morgan fingerprint density at radius 1 is 1.11 bits per heavy atom. The van der Waals surface area contributed by atoms with Gasteiger partial charge in [-0.05, 0) is 31.0 Å². The van der Waals surface area contributed by atoms with Crippen LogP contribution in [0.5, 0.6) is 0 Å². The van der Waals surface area contributed by atoms with Gasteiger partial charge in [-0.2, -0.15) is 0 Å². The van der Waals surface area contributed by atoms with Crippen molar-refractivity contribution in [3.05, 3.63) is 23.8 Å². The summed E-state index contributed by atoms with van der Waals surface area (Å²) in [5.41, 5.74) is 13.0. The van der Waals surface area contributed by atoms with E-state index >= 15 is 0 Å². The van der Waals surface area contributed by atoms with Crippen LogP contribution in [0.15, 0.2) is 18.2 Å². The Morgan fingerprint density at radius 3 is 2.39 bits per heavy atom. The molecule has 1 saturated carbocycles. The van der Waals surface area contributed by atoms with Crippen LogP contribution in [0.4, 0.5) is 11.4 Å². The van der Waals surface area contributed by atoms with E-state index in [2.05, 4.69) is 5.32 Å². The number of nitrogens with one attached hydrogen (secondary N) is 1. The quantitative estimate of drug-likeness (QED) is 0.554. The van der Waals surface area contributed by atoms with Gasteiger partial charge in [0.05, 0.1) is 5.56 Å². The third-order valence-electron chi connectivity index (χ3n) is 3.51. The van der Waals surface area contributed by atoms with Crippen molar-refractivity contribution in [2.45, 2.75) is 44.6 Å². The molecule has 1 aliphatic rings. The fraction of sp³-hybridized carbons (Fsp3) is 0.500. The molecule has 0 bridgehead atoms. The molecule has 0 aromatic heterocycles. The van der Waals surface area contributed by atoms with Crippen LogP contribution in [0.2, 0.25) is 0 Å². The molecule has 0 radical (unpaired) electrons. The van der Waals surface area contributed by atoms with Crippen LogP contribution in [-0.2, 0) is 0 Å². The van der Waals surface area contributed by atoms with Crippen LogP contribution in [0.25, 0.3) is 0 Å². The van der Waals surface area contributed by atoms with Crippen LogP contribution in [0.1, 0.15) is 48.9 Å². The van der Waals surface area contributed by atoms with Crippen molar-refractivity contribution < 1.29 is 4.79 Å². The molecule has 0 heterocycles. The minimum Gasteiger partial charge on any atom is -0.399 e. The minimum atomic E-state index is -0.0839. The first kappa shape index (κ1) is 12.7. The Bertz CT molecular complexity index is 423. The Balaban J connectivity index is 2.02. The van der Waals surface area contributed by atoms with Gasteiger partial charge in [0, 0.05) is 17.4 Å². The fourth-order valence-electron chi connectivity index (χ4n) is 2.47. The average Bonchev–Trinajstić information content (AvgIpc) is 2.57. The average molecular weight is 247 g/mol. The number of nitrogens with two attached hydrogens (primary N) is 2. The second-order valence-electron chi connectivity index (χ2n) is 5.01. The Morgan fingerprint density at radius 2 is 1.78 bits per heavy atom. The molecule has 2 rings (SSSR count). The lowest BCUT2D eigenvalue weighted by Crippen LogP contribution is -2.34. The van der Waals surface area contributed by atoms with Crippen LogP contribution in [-0.4, -0.2) is 11.9 Å². The maximum atomic E-state index is 12.1. The summed E-state index contributed by atoms with van der Waals surface area (Å²) in [4.78, 5) is 12.1. The molecule has 1 amide bonds. The van der Waals surface area contributed by atoms with Crippen molar-refractivity contribution in [2.24, 2.45) is 0 Å². The predicted octanol–water partition coefficient (Wildman–Crippen LogP) is 2.30. The molecule has 4 nitrogen and oxygen atoms in total. The van der Waals surface area contributed by atoms with Crippen LogP contribution < -0.4 is 16.8 Å². The van der Waals surface area contributed by atoms with Gasteiger partial charge in [0.2, 0.25) is 0 Å². The zero-order chi connectivity index (χ0) is 13.0. The number of amides is 1. The van der Waals surface area contributed by atoms with E-state index in [9.17, 15) is 4.79 Å². The van der Waals surface area contributed by atoms with E-state index < -0.39 is 0 Å². The van der Waals surface area contributed by atoms with Gasteiger partial charge in [0.25, 0.3) is 5.91 Å². The molecule has 1 aromatic rings. The molecule has 18 heavy (non-hydrogen) atoms. The maximum Gasteiger partial charge on any atom is 0.253 e. The third-order valence-corrected chi connectivity index (χ3v) is 3.51. The maximum absolute atomic E-state index is 12.1. The summed E-state index contributed by atoms with van der Waals surface area (Å²) < 4.78 is 0. The first-order valence-electron chi connectivity index (χ1n) is 6.62. The Kier molecular flexibility index (Phi) is 4.07. The van der Waals surface area contributed by atoms with E-state index in [4.69, 9.17) is 11.5 Å². The number of hydrogen-bond acceptors (Lipinski definition) is 3. The van der Waals surface area contributed by atoms with Gasteiger partial charge in [-0.3, -0.25) is 4.79 Å². The lowest BCUT2D eigenvalue weighted by molar-refractivity contribution is 0.0934. The molecule has 0 unspecified atom stereocenters. The molecule has 0 aliphatic heterocycles. The molecule has 4 heteroatoms. The number of benzene rings is 1. The standard InChI is InChI=1S/C14H21N3O/c15-10-7-8-12(13(16)9-10)14(18)17-11-5-3-1-2-4-6-11/h7-9,11H,1-6,15-16H2,(H,17,18). The highest BCUT2D eigenvalue weighted by Gasteiger charge is 2.17. The molecule has 1 fully saturated rings. The minimum absolute atomic E-state index is 0.0839. The number of hydrogen-bond donors (Lipinski definition) is 3. The summed E-state index contributed by atoms with van der Waals surface area (Å²) in [6.45, 7) is 0. The topological polar surface area (TPSA) is 81.1 Å². The van der Waals surface area contributed by atoms with E-state index in [0.717, 1.165) is 12.8 Å². The van der Waals surface area contributed by atoms with E-state index in [1.165, 1.54) is 25.7 Å². The SMILES string of the molecule is Nc1ccc(C(=O)NC2CCCCCC2)c(N)c1. The molecule has 1 aromatic carbocycles. The van der Waals surface area contributed by atoms with Crippen molar-refractivity contribution in [2.75, 3.05) is 11.5 Å². The van der Waals surface area contributed by atoms with E-state index in [1.807, 2.05) is 0 Å². The van der Waals surface area contributed by atoms with Crippen LogP contribution >= 0.6 is 0 Å². The molecule has 0 saturated heterocycles. The molecular weight excluding hydrogens is 226 g/mol. The zero-order valence-electron chi connectivity index (χ0n) is 10.6. The molecular formula is C14H21N3O. The van der Waals surface area contributed by atoms with Gasteiger partial charge in [0.1, 0.15) is 0 Å². The van der Waals surface area contributed by atoms with Crippen molar-refractivity contribution in [1.82, 2.24) is 5.32 Å². The number of rotatable bonds is 2.